The molecule has 5 nitrogen and oxygen atoms in total. The second-order valence-corrected chi connectivity index (χ2v) is 3.16. The van der Waals surface area contributed by atoms with Gasteiger partial charge in [0.15, 0.2) is 0 Å². The van der Waals surface area contributed by atoms with Crippen LogP contribution in [0.1, 0.15) is 23.0 Å². The lowest BCUT2D eigenvalue weighted by atomic mass is 10.2. The summed E-state index contributed by atoms with van der Waals surface area (Å²) >= 11 is 0. The lowest BCUT2D eigenvalue weighted by Gasteiger charge is -2.08. The first-order valence-corrected chi connectivity index (χ1v) is 5.06. The normalized spacial score (nSPS) is 10.1. The van der Waals surface area contributed by atoms with Crippen LogP contribution in [0.2, 0.25) is 0 Å². The molecule has 0 bridgehead atoms. The SMILES string of the molecule is CCOCCOc1nc(C)ccc1C(=O)O. The number of pyridine rings is 1. The van der Waals surface area contributed by atoms with E-state index >= 15 is 0 Å². The van der Waals surface area contributed by atoms with Crippen molar-refractivity contribution in [1.82, 2.24) is 4.98 Å². The van der Waals surface area contributed by atoms with E-state index < -0.39 is 5.97 Å². The summed E-state index contributed by atoms with van der Waals surface area (Å²) in [5.41, 5.74) is 0.790. The number of carboxylic acid groups (broad SMARTS) is 1. The van der Waals surface area contributed by atoms with E-state index in [1.165, 1.54) is 6.07 Å². The molecule has 5 heteroatoms. The molecule has 0 aliphatic heterocycles. The van der Waals surface area contributed by atoms with Crippen molar-refractivity contribution in [2.24, 2.45) is 0 Å². The van der Waals surface area contributed by atoms with Crippen LogP contribution >= 0.6 is 0 Å². The zero-order valence-corrected chi connectivity index (χ0v) is 9.40. The molecule has 1 N–H and O–H groups in total. The fourth-order valence-electron chi connectivity index (χ4n) is 1.15. The molecule has 0 aliphatic rings. The molecule has 88 valence electrons. The highest BCUT2D eigenvalue weighted by Gasteiger charge is 2.12. The average molecular weight is 225 g/mol. The van der Waals surface area contributed by atoms with Crippen molar-refractivity contribution in [3.05, 3.63) is 23.4 Å². The first-order valence-electron chi connectivity index (χ1n) is 5.06. The summed E-state index contributed by atoms with van der Waals surface area (Å²) in [6, 6.07) is 3.12. The minimum atomic E-state index is -1.04. The van der Waals surface area contributed by atoms with Gasteiger partial charge in [-0.15, -0.1) is 0 Å². The molecule has 16 heavy (non-hydrogen) atoms. The summed E-state index contributed by atoms with van der Waals surface area (Å²) in [5.74, 6) is -0.897. The maximum Gasteiger partial charge on any atom is 0.341 e. The van der Waals surface area contributed by atoms with E-state index in [1.54, 1.807) is 13.0 Å². The quantitative estimate of drug-likeness (QED) is 0.743. The van der Waals surface area contributed by atoms with Crippen LogP contribution in [-0.4, -0.2) is 35.9 Å². The molecular formula is C11H15NO4. The summed E-state index contributed by atoms with van der Waals surface area (Å²) in [6.07, 6.45) is 0. The van der Waals surface area contributed by atoms with E-state index in [-0.39, 0.29) is 11.4 Å². The lowest BCUT2D eigenvalue weighted by Crippen LogP contribution is -2.11. The Morgan fingerprint density at radius 1 is 1.44 bits per heavy atom. The van der Waals surface area contributed by atoms with E-state index in [0.717, 1.165) is 5.69 Å². The molecule has 0 atom stereocenters. The van der Waals surface area contributed by atoms with Crippen LogP contribution in [0.5, 0.6) is 5.88 Å². The second kappa shape index (κ2) is 6.07. The number of nitrogens with zero attached hydrogens (tertiary/aromatic N) is 1. The van der Waals surface area contributed by atoms with Gasteiger partial charge in [-0.3, -0.25) is 0 Å². The molecule has 0 radical (unpaired) electrons. The third-order valence-corrected chi connectivity index (χ3v) is 1.90. The molecule has 0 saturated heterocycles. The summed E-state index contributed by atoms with van der Waals surface area (Å²) in [6.45, 7) is 4.99. The zero-order valence-electron chi connectivity index (χ0n) is 9.40. The van der Waals surface area contributed by atoms with Gasteiger partial charge in [-0.1, -0.05) is 0 Å². The van der Waals surface area contributed by atoms with Crippen LogP contribution in [0.3, 0.4) is 0 Å². The van der Waals surface area contributed by atoms with Gasteiger partial charge in [0.25, 0.3) is 0 Å². The zero-order chi connectivity index (χ0) is 12.0. The van der Waals surface area contributed by atoms with Gasteiger partial charge < -0.3 is 14.6 Å². The number of carbonyl (C=O) groups is 1. The predicted molar refractivity (Wildman–Crippen MR) is 57.9 cm³/mol. The highest BCUT2D eigenvalue weighted by atomic mass is 16.5. The van der Waals surface area contributed by atoms with Crippen molar-refractivity contribution < 1.29 is 19.4 Å². The van der Waals surface area contributed by atoms with Crippen LogP contribution in [0, 0.1) is 6.92 Å². The van der Waals surface area contributed by atoms with Gasteiger partial charge in [0.1, 0.15) is 12.2 Å². The molecule has 0 unspecified atom stereocenters. The number of ether oxygens (including phenoxy) is 2. The van der Waals surface area contributed by atoms with E-state index in [0.29, 0.717) is 19.8 Å². The van der Waals surface area contributed by atoms with Gasteiger partial charge in [-0.05, 0) is 26.0 Å². The van der Waals surface area contributed by atoms with Crippen LogP contribution in [0.15, 0.2) is 12.1 Å². The second-order valence-electron chi connectivity index (χ2n) is 3.16. The van der Waals surface area contributed by atoms with Crippen LogP contribution in [0.25, 0.3) is 0 Å². The molecule has 1 aromatic heterocycles. The highest BCUT2D eigenvalue weighted by molar-refractivity contribution is 5.90. The Bertz CT molecular complexity index is 365. The predicted octanol–water partition coefficient (Wildman–Crippen LogP) is 1.50. The van der Waals surface area contributed by atoms with Gasteiger partial charge in [-0.25, -0.2) is 9.78 Å². The fourth-order valence-corrected chi connectivity index (χ4v) is 1.15. The monoisotopic (exact) mass is 225 g/mol. The van der Waals surface area contributed by atoms with Crippen LogP contribution < -0.4 is 4.74 Å². The van der Waals surface area contributed by atoms with Crippen molar-refractivity contribution in [2.75, 3.05) is 19.8 Å². The number of hydrogen-bond donors (Lipinski definition) is 1. The number of rotatable bonds is 6. The van der Waals surface area contributed by atoms with Crippen molar-refractivity contribution >= 4 is 5.97 Å². The van der Waals surface area contributed by atoms with E-state index in [2.05, 4.69) is 4.98 Å². The maximum absolute atomic E-state index is 10.9. The van der Waals surface area contributed by atoms with Crippen molar-refractivity contribution in [3.8, 4) is 5.88 Å². The Kier molecular flexibility index (Phi) is 4.72. The number of aromatic nitrogens is 1. The molecule has 1 rings (SSSR count). The van der Waals surface area contributed by atoms with Gasteiger partial charge in [0.2, 0.25) is 5.88 Å². The Balaban J connectivity index is 2.68. The third kappa shape index (κ3) is 3.51. The summed E-state index contributed by atoms with van der Waals surface area (Å²) < 4.78 is 10.4. The van der Waals surface area contributed by atoms with E-state index in [4.69, 9.17) is 14.6 Å². The Morgan fingerprint density at radius 3 is 2.81 bits per heavy atom. The summed E-state index contributed by atoms with van der Waals surface area (Å²) in [5, 5.41) is 8.91. The van der Waals surface area contributed by atoms with Gasteiger partial charge in [0, 0.05) is 12.3 Å². The highest BCUT2D eigenvalue weighted by Crippen LogP contribution is 2.15. The molecular weight excluding hydrogens is 210 g/mol. The summed E-state index contributed by atoms with van der Waals surface area (Å²) in [7, 11) is 0. The molecule has 1 aromatic rings. The molecule has 1 heterocycles. The van der Waals surface area contributed by atoms with Crippen molar-refractivity contribution in [1.29, 1.82) is 0 Å². The Labute approximate surface area is 94.0 Å². The van der Waals surface area contributed by atoms with Gasteiger partial charge >= 0.3 is 5.97 Å². The van der Waals surface area contributed by atoms with Crippen molar-refractivity contribution in [3.63, 3.8) is 0 Å². The summed E-state index contributed by atoms with van der Waals surface area (Å²) in [4.78, 5) is 14.9. The third-order valence-electron chi connectivity index (χ3n) is 1.90. The molecule has 0 saturated carbocycles. The Morgan fingerprint density at radius 2 is 2.19 bits per heavy atom. The van der Waals surface area contributed by atoms with Crippen molar-refractivity contribution in [2.45, 2.75) is 13.8 Å². The fraction of sp³-hybridized carbons (Fsp3) is 0.455. The van der Waals surface area contributed by atoms with E-state index in [1.807, 2.05) is 6.92 Å². The first kappa shape index (κ1) is 12.4. The molecule has 0 spiro atoms. The number of carboxylic acids is 1. The number of aryl methyl sites for hydroxylation is 1. The number of hydrogen-bond acceptors (Lipinski definition) is 4. The molecule has 0 aromatic carbocycles. The lowest BCUT2D eigenvalue weighted by molar-refractivity contribution is 0.0685. The largest absolute Gasteiger partial charge is 0.477 e. The Hall–Kier alpha value is -1.62. The molecule has 0 fully saturated rings. The van der Waals surface area contributed by atoms with Crippen LogP contribution in [-0.2, 0) is 4.74 Å². The minimum Gasteiger partial charge on any atom is -0.477 e. The minimum absolute atomic E-state index is 0.0714. The topological polar surface area (TPSA) is 68.7 Å². The average Bonchev–Trinajstić information content (AvgIpc) is 2.24. The van der Waals surface area contributed by atoms with Crippen LogP contribution in [0.4, 0.5) is 0 Å². The molecule has 0 amide bonds. The van der Waals surface area contributed by atoms with Gasteiger partial charge in [0.05, 0.1) is 6.61 Å². The van der Waals surface area contributed by atoms with Gasteiger partial charge in [-0.2, -0.15) is 0 Å². The number of aromatic carboxylic acids is 1. The maximum atomic E-state index is 10.9. The van der Waals surface area contributed by atoms with E-state index in [9.17, 15) is 4.79 Å². The molecule has 0 aliphatic carbocycles. The smallest absolute Gasteiger partial charge is 0.341 e. The standard InChI is InChI=1S/C11H15NO4/c1-3-15-6-7-16-10-9(11(13)14)5-4-8(2)12-10/h4-5H,3,6-7H2,1-2H3,(H,13,14). The first-order chi connectivity index (χ1) is 7.65.